The van der Waals surface area contributed by atoms with Gasteiger partial charge in [0.2, 0.25) is 0 Å². The van der Waals surface area contributed by atoms with E-state index in [-0.39, 0.29) is 6.01 Å². The molecule has 17 heavy (non-hydrogen) atoms. The lowest BCUT2D eigenvalue weighted by atomic mass is 10.2. The molecule has 1 heterocycles. The first-order valence-corrected chi connectivity index (χ1v) is 5.12. The summed E-state index contributed by atoms with van der Waals surface area (Å²) in [4.78, 5) is 7.90. The smallest absolute Gasteiger partial charge is 0.318 e. The molecule has 2 aromatic rings. The lowest BCUT2D eigenvalue weighted by Crippen LogP contribution is -2.01. The summed E-state index contributed by atoms with van der Waals surface area (Å²) in [7, 11) is 1.63. The average molecular weight is 231 g/mol. The standard InChI is InChI=1S/C12H13N3O2/c1-16-10-4-2-3-9(7-10)8-17-12-14-6-5-11(13)15-12/h2-7H,8H2,1H3,(H2,13,14,15). The van der Waals surface area contributed by atoms with Crippen molar-refractivity contribution < 1.29 is 9.47 Å². The Labute approximate surface area is 99.2 Å². The van der Waals surface area contributed by atoms with Gasteiger partial charge in [0.1, 0.15) is 18.2 Å². The number of methoxy groups -OCH3 is 1. The molecule has 0 fully saturated rings. The molecule has 0 unspecified atom stereocenters. The van der Waals surface area contributed by atoms with Crippen LogP contribution in [0.15, 0.2) is 36.5 Å². The fourth-order valence-electron chi connectivity index (χ4n) is 1.33. The van der Waals surface area contributed by atoms with Crippen LogP contribution in [0.4, 0.5) is 5.82 Å². The number of hydrogen-bond acceptors (Lipinski definition) is 5. The Morgan fingerprint density at radius 1 is 1.29 bits per heavy atom. The Bertz CT molecular complexity index is 503. The second kappa shape index (κ2) is 5.16. The summed E-state index contributed by atoms with van der Waals surface area (Å²) in [6, 6.07) is 9.49. The fraction of sp³-hybridized carbons (Fsp3) is 0.167. The average Bonchev–Trinajstić information content (AvgIpc) is 2.37. The van der Waals surface area contributed by atoms with Crippen molar-refractivity contribution in [2.24, 2.45) is 0 Å². The monoisotopic (exact) mass is 231 g/mol. The predicted octanol–water partition coefficient (Wildman–Crippen LogP) is 1.65. The van der Waals surface area contributed by atoms with Gasteiger partial charge in [-0.3, -0.25) is 0 Å². The van der Waals surface area contributed by atoms with Gasteiger partial charge in [-0.15, -0.1) is 0 Å². The van der Waals surface area contributed by atoms with Gasteiger partial charge in [-0.1, -0.05) is 12.1 Å². The zero-order valence-electron chi connectivity index (χ0n) is 9.46. The van der Waals surface area contributed by atoms with Gasteiger partial charge in [0.05, 0.1) is 7.11 Å². The molecule has 0 atom stereocenters. The van der Waals surface area contributed by atoms with Gasteiger partial charge >= 0.3 is 6.01 Å². The molecule has 0 saturated heterocycles. The zero-order chi connectivity index (χ0) is 12.1. The molecule has 1 aromatic carbocycles. The normalized spacial score (nSPS) is 9.94. The Kier molecular flexibility index (Phi) is 3.40. The molecule has 1 aromatic heterocycles. The van der Waals surface area contributed by atoms with E-state index in [0.29, 0.717) is 12.4 Å². The molecule has 0 radical (unpaired) electrons. The molecule has 5 heteroatoms. The van der Waals surface area contributed by atoms with Crippen LogP contribution in [-0.2, 0) is 6.61 Å². The summed E-state index contributed by atoms with van der Waals surface area (Å²) < 4.78 is 10.5. The lowest BCUT2D eigenvalue weighted by Gasteiger charge is -2.06. The number of nitrogens with two attached hydrogens (primary N) is 1. The molecular formula is C12H13N3O2. The molecule has 0 saturated carbocycles. The lowest BCUT2D eigenvalue weighted by molar-refractivity contribution is 0.280. The molecule has 2 N–H and O–H groups in total. The molecule has 0 amide bonds. The van der Waals surface area contributed by atoms with E-state index >= 15 is 0 Å². The van der Waals surface area contributed by atoms with Gasteiger partial charge in [-0.25, -0.2) is 4.98 Å². The predicted molar refractivity (Wildman–Crippen MR) is 63.8 cm³/mol. The number of nitrogen functional groups attached to an aromatic ring is 1. The summed E-state index contributed by atoms with van der Waals surface area (Å²) in [6.45, 7) is 0.376. The first-order chi connectivity index (χ1) is 8.28. The molecule has 0 aliphatic carbocycles. The summed E-state index contributed by atoms with van der Waals surface area (Å²) in [5.74, 6) is 1.18. The maximum Gasteiger partial charge on any atom is 0.318 e. The van der Waals surface area contributed by atoms with E-state index in [0.717, 1.165) is 11.3 Å². The minimum absolute atomic E-state index is 0.271. The fourth-order valence-corrected chi connectivity index (χ4v) is 1.33. The zero-order valence-corrected chi connectivity index (χ0v) is 9.46. The summed E-state index contributed by atoms with van der Waals surface area (Å²) in [5, 5.41) is 0. The Morgan fingerprint density at radius 2 is 2.18 bits per heavy atom. The van der Waals surface area contributed by atoms with Gasteiger partial charge in [0, 0.05) is 6.20 Å². The number of hydrogen-bond donors (Lipinski definition) is 1. The van der Waals surface area contributed by atoms with Crippen LogP contribution in [0.1, 0.15) is 5.56 Å². The minimum atomic E-state index is 0.271. The van der Waals surface area contributed by atoms with E-state index in [1.54, 1.807) is 19.4 Å². The Morgan fingerprint density at radius 3 is 2.94 bits per heavy atom. The van der Waals surface area contributed by atoms with Crippen LogP contribution >= 0.6 is 0 Å². The van der Waals surface area contributed by atoms with Crippen molar-refractivity contribution in [3.8, 4) is 11.8 Å². The topological polar surface area (TPSA) is 70.3 Å². The highest BCUT2D eigenvalue weighted by Crippen LogP contribution is 2.14. The van der Waals surface area contributed by atoms with E-state index in [2.05, 4.69) is 9.97 Å². The van der Waals surface area contributed by atoms with E-state index in [1.807, 2.05) is 24.3 Å². The molecule has 0 bridgehead atoms. The van der Waals surface area contributed by atoms with Crippen molar-refractivity contribution in [3.05, 3.63) is 42.1 Å². The van der Waals surface area contributed by atoms with E-state index in [1.165, 1.54) is 0 Å². The third-order valence-corrected chi connectivity index (χ3v) is 2.16. The van der Waals surface area contributed by atoms with Crippen LogP contribution in [0.3, 0.4) is 0 Å². The maximum absolute atomic E-state index is 5.52. The number of rotatable bonds is 4. The molecule has 0 spiro atoms. The second-order valence-corrected chi connectivity index (χ2v) is 3.40. The van der Waals surface area contributed by atoms with Crippen molar-refractivity contribution in [1.82, 2.24) is 9.97 Å². The first kappa shape index (κ1) is 11.2. The molecular weight excluding hydrogens is 218 g/mol. The van der Waals surface area contributed by atoms with Crippen molar-refractivity contribution in [3.63, 3.8) is 0 Å². The SMILES string of the molecule is COc1cccc(COc2nccc(N)n2)c1. The van der Waals surface area contributed by atoms with Gasteiger partial charge in [-0.2, -0.15) is 4.98 Å². The van der Waals surface area contributed by atoms with Gasteiger partial charge in [-0.05, 0) is 23.8 Å². The maximum atomic E-state index is 5.52. The highest BCUT2D eigenvalue weighted by molar-refractivity contribution is 5.29. The Balaban J connectivity index is 2.02. The number of anilines is 1. The number of aromatic nitrogens is 2. The number of ether oxygens (including phenoxy) is 2. The largest absolute Gasteiger partial charge is 0.497 e. The van der Waals surface area contributed by atoms with Gasteiger partial charge in [0.15, 0.2) is 0 Å². The van der Waals surface area contributed by atoms with Crippen molar-refractivity contribution in [2.45, 2.75) is 6.61 Å². The van der Waals surface area contributed by atoms with E-state index in [4.69, 9.17) is 15.2 Å². The highest BCUT2D eigenvalue weighted by Gasteiger charge is 2.00. The van der Waals surface area contributed by atoms with Crippen LogP contribution in [0.2, 0.25) is 0 Å². The molecule has 0 aliphatic rings. The van der Waals surface area contributed by atoms with Crippen LogP contribution in [0, 0.1) is 0 Å². The minimum Gasteiger partial charge on any atom is -0.497 e. The first-order valence-electron chi connectivity index (χ1n) is 5.12. The summed E-state index contributed by atoms with van der Waals surface area (Å²) in [6.07, 6.45) is 1.56. The van der Waals surface area contributed by atoms with Crippen molar-refractivity contribution >= 4 is 5.82 Å². The van der Waals surface area contributed by atoms with E-state index in [9.17, 15) is 0 Å². The molecule has 0 aliphatic heterocycles. The third kappa shape index (κ3) is 3.07. The van der Waals surface area contributed by atoms with Crippen LogP contribution in [-0.4, -0.2) is 17.1 Å². The van der Waals surface area contributed by atoms with Crippen LogP contribution in [0.25, 0.3) is 0 Å². The van der Waals surface area contributed by atoms with Crippen LogP contribution < -0.4 is 15.2 Å². The second-order valence-electron chi connectivity index (χ2n) is 3.40. The molecule has 5 nitrogen and oxygen atoms in total. The highest BCUT2D eigenvalue weighted by atomic mass is 16.5. The van der Waals surface area contributed by atoms with Gasteiger partial charge in [0.25, 0.3) is 0 Å². The Hall–Kier alpha value is -2.30. The number of nitrogens with zero attached hydrogens (tertiary/aromatic N) is 2. The van der Waals surface area contributed by atoms with Crippen molar-refractivity contribution in [1.29, 1.82) is 0 Å². The molecule has 88 valence electrons. The quantitative estimate of drug-likeness (QED) is 0.866. The number of benzene rings is 1. The van der Waals surface area contributed by atoms with Crippen LogP contribution in [0.5, 0.6) is 11.8 Å². The van der Waals surface area contributed by atoms with Crippen molar-refractivity contribution in [2.75, 3.05) is 12.8 Å². The van der Waals surface area contributed by atoms with Gasteiger partial charge < -0.3 is 15.2 Å². The third-order valence-electron chi connectivity index (χ3n) is 2.16. The summed E-state index contributed by atoms with van der Waals surface area (Å²) in [5.41, 5.74) is 6.50. The summed E-state index contributed by atoms with van der Waals surface area (Å²) >= 11 is 0. The molecule has 2 rings (SSSR count). The van der Waals surface area contributed by atoms with E-state index < -0.39 is 0 Å².